The Hall–Kier alpha value is -1.46. The Bertz CT molecular complexity index is 453. The van der Waals surface area contributed by atoms with Crippen molar-refractivity contribution in [1.29, 1.82) is 0 Å². The molecule has 20 heavy (non-hydrogen) atoms. The molecule has 2 rings (SSSR count). The number of ether oxygens (including phenoxy) is 1. The van der Waals surface area contributed by atoms with E-state index in [1.807, 2.05) is 25.1 Å². The first-order valence-corrected chi connectivity index (χ1v) is 7.16. The Morgan fingerprint density at radius 1 is 1.35 bits per heavy atom. The first kappa shape index (κ1) is 14.9. The van der Waals surface area contributed by atoms with Gasteiger partial charge in [-0.15, -0.1) is 0 Å². The van der Waals surface area contributed by atoms with Crippen molar-refractivity contribution < 1.29 is 9.53 Å². The lowest BCUT2D eigenvalue weighted by molar-refractivity contribution is 0.0779. The fraction of sp³-hybridized carbons (Fsp3) is 0.500. The molecule has 0 radical (unpaired) electrons. The lowest BCUT2D eigenvalue weighted by Gasteiger charge is -2.34. The molecule has 0 aliphatic carbocycles. The maximum atomic E-state index is 11.6. The van der Waals surface area contributed by atoms with Gasteiger partial charge in [-0.1, -0.05) is 17.7 Å². The van der Waals surface area contributed by atoms with Gasteiger partial charge in [0.15, 0.2) is 0 Å². The Morgan fingerprint density at radius 3 is 2.65 bits per heavy atom. The highest BCUT2D eigenvalue weighted by atomic mass is 35.5. The quantitative estimate of drug-likeness (QED) is 0.869. The van der Waals surface area contributed by atoms with Crippen LogP contribution in [0.5, 0.6) is 0 Å². The summed E-state index contributed by atoms with van der Waals surface area (Å²) < 4.78 is 5.00. The zero-order chi connectivity index (χ0) is 14.5. The Balaban J connectivity index is 1.90. The molecule has 0 saturated carbocycles. The third-order valence-corrected chi connectivity index (χ3v) is 3.79. The van der Waals surface area contributed by atoms with Crippen molar-refractivity contribution in [3.8, 4) is 0 Å². The third-order valence-electron chi connectivity index (χ3n) is 3.44. The van der Waals surface area contributed by atoms with Crippen molar-refractivity contribution >= 4 is 23.4 Å². The summed E-state index contributed by atoms with van der Waals surface area (Å²) in [5.41, 5.74) is 7.63. The molecule has 110 valence electrons. The van der Waals surface area contributed by atoms with E-state index in [2.05, 4.69) is 4.90 Å². The summed E-state index contributed by atoms with van der Waals surface area (Å²) in [4.78, 5) is 15.6. The van der Waals surface area contributed by atoms with Gasteiger partial charge in [0.25, 0.3) is 0 Å². The summed E-state index contributed by atoms with van der Waals surface area (Å²) >= 11 is 6.18. The number of nitrogen functional groups attached to an aromatic ring is 1. The van der Waals surface area contributed by atoms with E-state index in [0.29, 0.717) is 37.0 Å². The largest absolute Gasteiger partial charge is 0.450 e. The van der Waals surface area contributed by atoms with Crippen LogP contribution in [0.2, 0.25) is 5.02 Å². The van der Waals surface area contributed by atoms with Crippen LogP contribution in [0.3, 0.4) is 0 Å². The highest BCUT2D eigenvalue weighted by Crippen LogP contribution is 2.24. The van der Waals surface area contributed by atoms with Gasteiger partial charge in [-0.05, 0) is 19.1 Å². The van der Waals surface area contributed by atoms with Gasteiger partial charge in [0.05, 0.1) is 6.61 Å². The Morgan fingerprint density at radius 2 is 2.05 bits per heavy atom. The lowest BCUT2D eigenvalue weighted by Crippen LogP contribution is -2.48. The van der Waals surface area contributed by atoms with Crippen LogP contribution in [0.1, 0.15) is 12.5 Å². The van der Waals surface area contributed by atoms with E-state index in [0.717, 1.165) is 18.7 Å². The number of anilines is 1. The van der Waals surface area contributed by atoms with Gasteiger partial charge in [-0.25, -0.2) is 4.79 Å². The normalized spacial score (nSPS) is 16.2. The summed E-state index contributed by atoms with van der Waals surface area (Å²) in [6.07, 6.45) is -0.232. The second-order valence-electron chi connectivity index (χ2n) is 4.77. The third kappa shape index (κ3) is 3.55. The number of carbonyl (C=O) groups is 1. The smallest absolute Gasteiger partial charge is 0.409 e. The molecule has 0 unspecified atom stereocenters. The van der Waals surface area contributed by atoms with Gasteiger partial charge in [-0.2, -0.15) is 0 Å². The van der Waals surface area contributed by atoms with Crippen LogP contribution < -0.4 is 5.73 Å². The summed E-state index contributed by atoms with van der Waals surface area (Å²) in [6, 6.07) is 5.55. The number of nitrogens with two attached hydrogens (primary N) is 1. The maximum Gasteiger partial charge on any atom is 0.409 e. The van der Waals surface area contributed by atoms with Crippen LogP contribution in [0.15, 0.2) is 18.2 Å². The summed E-state index contributed by atoms with van der Waals surface area (Å²) in [5.74, 6) is 0. The van der Waals surface area contributed by atoms with Crippen LogP contribution in [0.25, 0.3) is 0 Å². The molecule has 1 aromatic carbocycles. The molecule has 1 aromatic rings. The van der Waals surface area contributed by atoms with Crippen molar-refractivity contribution in [2.45, 2.75) is 13.5 Å². The summed E-state index contributed by atoms with van der Waals surface area (Å²) in [5, 5.41) is 0.692. The molecule has 6 heteroatoms. The van der Waals surface area contributed by atoms with Crippen molar-refractivity contribution in [2.24, 2.45) is 0 Å². The van der Waals surface area contributed by atoms with Gasteiger partial charge in [-0.3, -0.25) is 4.90 Å². The molecular weight excluding hydrogens is 278 g/mol. The minimum absolute atomic E-state index is 0.232. The molecule has 1 heterocycles. The number of rotatable bonds is 3. The van der Waals surface area contributed by atoms with E-state index < -0.39 is 0 Å². The first-order chi connectivity index (χ1) is 9.61. The molecule has 0 spiro atoms. The first-order valence-electron chi connectivity index (χ1n) is 6.78. The average Bonchev–Trinajstić information content (AvgIpc) is 2.44. The van der Waals surface area contributed by atoms with E-state index in [1.54, 1.807) is 4.90 Å². The van der Waals surface area contributed by atoms with Gasteiger partial charge in [0, 0.05) is 49.0 Å². The number of carbonyl (C=O) groups excluding carboxylic acids is 1. The lowest BCUT2D eigenvalue weighted by atomic mass is 10.1. The second kappa shape index (κ2) is 6.81. The topological polar surface area (TPSA) is 58.8 Å². The van der Waals surface area contributed by atoms with Gasteiger partial charge in [0.1, 0.15) is 0 Å². The number of piperazine rings is 1. The second-order valence-corrected chi connectivity index (χ2v) is 5.18. The summed E-state index contributed by atoms with van der Waals surface area (Å²) in [6.45, 7) is 5.87. The summed E-state index contributed by atoms with van der Waals surface area (Å²) in [7, 11) is 0. The van der Waals surface area contributed by atoms with Crippen LogP contribution >= 0.6 is 11.6 Å². The molecule has 0 aromatic heterocycles. The van der Waals surface area contributed by atoms with E-state index in [4.69, 9.17) is 22.1 Å². The highest BCUT2D eigenvalue weighted by Gasteiger charge is 2.22. The number of nitrogens with zero attached hydrogens (tertiary/aromatic N) is 2. The monoisotopic (exact) mass is 297 g/mol. The van der Waals surface area contributed by atoms with Gasteiger partial charge < -0.3 is 15.4 Å². The minimum Gasteiger partial charge on any atom is -0.450 e. The van der Waals surface area contributed by atoms with E-state index in [-0.39, 0.29) is 6.09 Å². The molecule has 1 amide bonds. The van der Waals surface area contributed by atoms with Crippen molar-refractivity contribution in [1.82, 2.24) is 9.80 Å². The standard InChI is InChI=1S/C14H20ClN3O2/c1-2-20-14(19)18-8-6-17(7-9-18)10-11-12(15)4-3-5-13(11)16/h3-5H,2,6-10,16H2,1H3. The number of hydrogen-bond acceptors (Lipinski definition) is 4. The fourth-order valence-corrected chi connectivity index (χ4v) is 2.51. The van der Waals surface area contributed by atoms with Crippen molar-refractivity contribution in [2.75, 3.05) is 38.5 Å². The molecule has 5 nitrogen and oxygen atoms in total. The zero-order valence-corrected chi connectivity index (χ0v) is 12.4. The Labute approximate surface area is 124 Å². The highest BCUT2D eigenvalue weighted by molar-refractivity contribution is 6.31. The molecule has 0 bridgehead atoms. The molecule has 1 saturated heterocycles. The van der Waals surface area contributed by atoms with Crippen molar-refractivity contribution in [3.05, 3.63) is 28.8 Å². The van der Waals surface area contributed by atoms with Crippen LogP contribution in [0, 0.1) is 0 Å². The zero-order valence-electron chi connectivity index (χ0n) is 11.6. The number of amides is 1. The SMILES string of the molecule is CCOC(=O)N1CCN(Cc2c(N)cccc2Cl)CC1. The van der Waals surface area contributed by atoms with E-state index >= 15 is 0 Å². The predicted molar refractivity (Wildman–Crippen MR) is 79.7 cm³/mol. The van der Waals surface area contributed by atoms with Crippen LogP contribution in [-0.4, -0.2) is 48.7 Å². The van der Waals surface area contributed by atoms with E-state index in [9.17, 15) is 4.79 Å². The van der Waals surface area contributed by atoms with Crippen LogP contribution in [0.4, 0.5) is 10.5 Å². The molecule has 1 aliphatic rings. The number of hydrogen-bond donors (Lipinski definition) is 1. The number of benzene rings is 1. The fourth-order valence-electron chi connectivity index (χ4n) is 2.27. The maximum absolute atomic E-state index is 11.6. The van der Waals surface area contributed by atoms with Crippen LogP contribution in [-0.2, 0) is 11.3 Å². The van der Waals surface area contributed by atoms with Gasteiger partial charge in [0.2, 0.25) is 0 Å². The average molecular weight is 298 g/mol. The van der Waals surface area contributed by atoms with Gasteiger partial charge >= 0.3 is 6.09 Å². The minimum atomic E-state index is -0.232. The molecule has 2 N–H and O–H groups in total. The molecule has 1 fully saturated rings. The van der Waals surface area contributed by atoms with E-state index in [1.165, 1.54) is 0 Å². The Kier molecular flexibility index (Phi) is 5.09. The molecule has 0 atom stereocenters. The molecular formula is C14H20ClN3O2. The van der Waals surface area contributed by atoms with Crippen molar-refractivity contribution in [3.63, 3.8) is 0 Å². The number of halogens is 1. The molecule has 1 aliphatic heterocycles. The predicted octanol–water partition coefficient (Wildman–Crippen LogP) is 2.20.